The van der Waals surface area contributed by atoms with Gasteiger partial charge in [-0.15, -0.1) is 0 Å². The number of hydrogen-bond acceptors (Lipinski definition) is 3. The molecule has 0 spiro atoms. The fraction of sp³-hybridized carbons (Fsp3) is 0.378. The first-order valence-electron chi connectivity index (χ1n) is 18.6. The lowest BCUT2D eigenvalue weighted by molar-refractivity contribution is 0.446. The predicted octanol–water partition coefficient (Wildman–Crippen LogP) is 12.1. The number of ether oxygens (including phenoxy) is 1. The zero-order valence-electron chi connectivity index (χ0n) is 31.2. The number of nitrogens with zero attached hydrogens (tertiary/aromatic N) is 4. The maximum absolute atomic E-state index is 6.84. The number of unbranched alkanes of at least 4 members (excludes halogenated alkanes) is 1. The summed E-state index contributed by atoms with van der Waals surface area (Å²) in [6.45, 7) is 18.2. The molecule has 5 nitrogen and oxygen atoms in total. The largest absolute Gasteiger partial charge is 0.457 e. The quantitative estimate of drug-likeness (QED) is 0.145. The molecule has 0 amide bonds. The Labute approximate surface area is 298 Å². The van der Waals surface area contributed by atoms with Crippen molar-refractivity contribution in [2.45, 2.75) is 105 Å². The van der Waals surface area contributed by atoms with Gasteiger partial charge in [-0.25, -0.2) is 9.67 Å². The number of rotatable bonds is 9. The predicted molar refractivity (Wildman–Crippen MR) is 209 cm³/mol. The van der Waals surface area contributed by atoms with Crippen molar-refractivity contribution in [2.24, 2.45) is 5.92 Å². The Hall–Kier alpha value is -4.64. The van der Waals surface area contributed by atoms with Crippen LogP contribution in [0.25, 0.3) is 33.3 Å². The van der Waals surface area contributed by atoms with E-state index in [0.29, 0.717) is 11.8 Å². The Balaban J connectivity index is 1.36. The van der Waals surface area contributed by atoms with Gasteiger partial charge in [0.1, 0.15) is 17.3 Å². The lowest BCUT2D eigenvalue weighted by Crippen LogP contribution is -2.17. The second-order valence-electron chi connectivity index (χ2n) is 15.4. The normalized spacial score (nSPS) is 16.7. The van der Waals surface area contributed by atoms with Gasteiger partial charge in [0.25, 0.3) is 0 Å². The van der Waals surface area contributed by atoms with Crippen LogP contribution in [0.15, 0.2) is 90.6 Å². The summed E-state index contributed by atoms with van der Waals surface area (Å²) in [7, 11) is 0. The molecule has 3 heterocycles. The van der Waals surface area contributed by atoms with Crippen LogP contribution in [0.3, 0.4) is 0 Å². The summed E-state index contributed by atoms with van der Waals surface area (Å²) in [5.41, 5.74) is 11.1. The minimum Gasteiger partial charge on any atom is -0.457 e. The molecule has 1 aliphatic carbocycles. The number of para-hydroxylation sites is 1. The number of aromatic nitrogens is 4. The SMILES string of the molecule is CCCCc1c([C@H]2C(C)=CCCC2C)c(C)nn1-c1cc(Oc2ccc3c4ccccc4n(-c4cc(CC)ccn4)c3c2)cc(C(C)(C)C)c1. The molecule has 5 heteroatoms. The van der Waals surface area contributed by atoms with E-state index in [9.17, 15) is 0 Å². The van der Waals surface area contributed by atoms with Crippen molar-refractivity contribution >= 4 is 21.8 Å². The minimum absolute atomic E-state index is 0.0771. The van der Waals surface area contributed by atoms with E-state index in [2.05, 4.69) is 144 Å². The molecule has 0 saturated carbocycles. The third-order valence-corrected chi connectivity index (χ3v) is 10.8. The standard InChI is InChI=1S/C45H52N4O/c1-9-11-18-40-44(43-29(3)15-14-16-30(43)4)31(5)47-49(40)34-25-33(45(6,7)8)26-36(27-34)50-35-20-21-38-37-17-12-13-19-39(37)48(41(38)28-35)42-24-32(10-2)22-23-46-42/h12-13,15,17,19-28,30,43H,9-11,14,16,18H2,1-8H3/t30?,43-/m0/s1. The monoisotopic (exact) mass is 664 g/mol. The minimum atomic E-state index is -0.0771. The molecule has 2 atom stereocenters. The average Bonchev–Trinajstić information content (AvgIpc) is 3.60. The van der Waals surface area contributed by atoms with Crippen LogP contribution >= 0.6 is 0 Å². The van der Waals surface area contributed by atoms with E-state index < -0.39 is 0 Å². The van der Waals surface area contributed by atoms with Crippen molar-refractivity contribution < 1.29 is 4.74 Å². The smallest absolute Gasteiger partial charge is 0.137 e. The van der Waals surface area contributed by atoms with Gasteiger partial charge in [0.05, 0.1) is 22.4 Å². The molecule has 50 heavy (non-hydrogen) atoms. The summed E-state index contributed by atoms with van der Waals surface area (Å²) in [6, 6.07) is 26.0. The topological polar surface area (TPSA) is 44.9 Å². The van der Waals surface area contributed by atoms with Gasteiger partial charge >= 0.3 is 0 Å². The highest BCUT2D eigenvalue weighted by Crippen LogP contribution is 2.43. The summed E-state index contributed by atoms with van der Waals surface area (Å²) < 4.78 is 11.3. The molecule has 0 fully saturated rings. The number of allylic oxidation sites excluding steroid dienone is 2. The van der Waals surface area contributed by atoms with E-state index >= 15 is 0 Å². The van der Waals surface area contributed by atoms with Crippen LogP contribution in [0.4, 0.5) is 0 Å². The first-order valence-corrected chi connectivity index (χ1v) is 18.6. The van der Waals surface area contributed by atoms with Crippen molar-refractivity contribution in [1.82, 2.24) is 19.3 Å². The lowest BCUT2D eigenvalue weighted by Gasteiger charge is -2.30. The third kappa shape index (κ3) is 6.27. The van der Waals surface area contributed by atoms with Gasteiger partial charge in [0, 0.05) is 46.3 Å². The van der Waals surface area contributed by atoms with E-state index in [0.717, 1.165) is 65.4 Å². The molecule has 7 rings (SSSR count). The molecular weight excluding hydrogens is 613 g/mol. The van der Waals surface area contributed by atoms with E-state index in [1.54, 1.807) is 0 Å². The number of pyridine rings is 1. The molecule has 0 bridgehead atoms. The number of hydrogen-bond donors (Lipinski definition) is 0. The molecule has 0 saturated heterocycles. The maximum atomic E-state index is 6.84. The van der Waals surface area contributed by atoms with Crippen LogP contribution in [0.5, 0.6) is 11.5 Å². The van der Waals surface area contributed by atoms with Crippen molar-refractivity contribution in [3.05, 3.63) is 119 Å². The number of fused-ring (bicyclic) bond motifs is 3. The Bertz CT molecular complexity index is 2210. The highest BCUT2D eigenvalue weighted by Gasteiger charge is 2.31. The van der Waals surface area contributed by atoms with Crippen molar-refractivity contribution in [3.63, 3.8) is 0 Å². The highest BCUT2D eigenvalue weighted by molar-refractivity contribution is 6.09. The summed E-state index contributed by atoms with van der Waals surface area (Å²) in [4.78, 5) is 4.82. The Kier molecular flexibility index (Phi) is 9.19. The Morgan fingerprint density at radius 2 is 1.68 bits per heavy atom. The van der Waals surface area contributed by atoms with Crippen LogP contribution in [0.1, 0.15) is 108 Å². The Morgan fingerprint density at radius 3 is 2.44 bits per heavy atom. The van der Waals surface area contributed by atoms with Gasteiger partial charge in [-0.05, 0) is 111 Å². The summed E-state index contributed by atoms with van der Waals surface area (Å²) in [5, 5.41) is 7.68. The van der Waals surface area contributed by atoms with Gasteiger partial charge in [-0.3, -0.25) is 4.57 Å². The van der Waals surface area contributed by atoms with Crippen LogP contribution in [0.2, 0.25) is 0 Å². The molecule has 0 radical (unpaired) electrons. The first kappa shape index (κ1) is 33.8. The molecular formula is C45H52N4O. The van der Waals surface area contributed by atoms with E-state index in [1.807, 2.05) is 6.20 Å². The van der Waals surface area contributed by atoms with Gasteiger partial charge < -0.3 is 4.74 Å². The molecule has 3 aromatic heterocycles. The van der Waals surface area contributed by atoms with Gasteiger partial charge in [-0.1, -0.05) is 77.8 Å². The third-order valence-electron chi connectivity index (χ3n) is 10.8. The zero-order valence-corrected chi connectivity index (χ0v) is 31.2. The molecule has 6 aromatic rings. The molecule has 1 unspecified atom stereocenters. The van der Waals surface area contributed by atoms with Gasteiger partial charge in [0.2, 0.25) is 0 Å². The number of aryl methyl sites for hydroxylation is 2. The summed E-state index contributed by atoms with van der Waals surface area (Å²) >= 11 is 0. The van der Waals surface area contributed by atoms with E-state index in [4.69, 9.17) is 14.8 Å². The average molecular weight is 665 g/mol. The molecule has 0 aliphatic heterocycles. The summed E-state index contributed by atoms with van der Waals surface area (Å²) in [6.07, 6.45) is 11.0. The van der Waals surface area contributed by atoms with Crippen LogP contribution < -0.4 is 4.74 Å². The van der Waals surface area contributed by atoms with Gasteiger partial charge in [-0.2, -0.15) is 5.10 Å². The fourth-order valence-corrected chi connectivity index (χ4v) is 8.02. The van der Waals surface area contributed by atoms with E-state index in [1.165, 1.54) is 51.6 Å². The van der Waals surface area contributed by atoms with Crippen LogP contribution in [-0.4, -0.2) is 19.3 Å². The number of benzene rings is 3. The van der Waals surface area contributed by atoms with Crippen LogP contribution in [0, 0.1) is 12.8 Å². The Morgan fingerprint density at radius 1 is 0.880 bits per heavy atom. The second kappa shape index (κ2) is 13.6. The lowest BCUT2D eigenvalue weighted by atomic mass is 9.75. The van der Waals surface area contributed by atoms with Crippen molar-refractivity contribution in [3.8, 4) is 23.0 Å². The van der Waals surface area contributed by atoms with Crippen molar-refractivity contribution in [2.75, 3.05) is 0 Å². The second-order valence-corrected chi connectivity index (χ2v) is 15.4. The summed E-state index contributed by atoms with van der Waals surface area (Å²) in [5.74, 6) is 3.55. The van der Waals surface area contributed by atoms with Crippen molar-refractivity contribution in [1.29, 1.82) is 0 Å². The fourth-order valence-electron chi connectivity index (χ4n) is 8.02. The molecule has 3 aromatic carbocycles. The highest BCUT2D eigenvalue weighted by atomic mass is 16.5. The first-order chi connectivity index (χ1) is 24.1. The van der Waals surface area contributed by atoms with E-state index in [-0.39, 0.29) is 5.41 Å². The maximum Gasteiger partial charge on any atom is 0.137 e. The molecule has 258 valence electrons. The molecule has 1 aliphatic rings. The molecule has 0 N–H and O–H groups in total. The zero-order chi connectivity index (χ0) is 35.2. The van der Waals surface area contributed by atoms with Gasteiger partial charge in [0.15, 0.2) is 0 Å². The van der Waals surface area contributed by atoms with Crippen LogP contribution in [-0.2, 0) is 18.3 Å².